The Hall–Kier alpha value is -1.52. The number of aromatic nitrogens is 2. The van der Waals surface area contributed by atoms with Gasteiger partial charge in [-0.3, -0.25) is 0 Å². The summed E-state index contributed by atoms with van der Waals surface area (Å²) in [5.41, 5.74) is 0.525. The van der Waals surface area contributed by atoms with Gasteiger partial charge in [-0.25, -0.2) is 9.78 Å². The molecule has 114 valence electrons. The van der Waals surface area contributed by atoms with Crippen molar-refractivity contribution in [3.05, 3.63) is 18.2 Å². The zero-order valence-electron chi connectivity index (χ0n) is 13.3. The summed E-state index contributed by atoms with van der Waals surface area (Å²) >= 11 is 0. The molecule has 5 heteroatoms. The van der Waals surface area contributed by atoms with Gasteiger partial charge in [0.25, 0.3) is 0 Å². The molecule has 0 spiro atoms. The number of hydrogen-bond donors (Lipinski definition) is 1. The number of alkyl carbamates (subject to hydrolysis) is 1. The smallest absolute Gasteiger partial charge is 0.408 e. The molecular formula is C15H27N3O2. The number of hydrogen-bond acceptors (Lipinski definition) is 3. The van der Waals surface area contributed by atoms with Crippen molar-refractivity contribution in [2.75, 3.05) is 0 Å². The van der Waals surface area contributed by atoms with Gasteiger partial charge in [-0.15, -0.1) is 0 Å². The van der Waals surface area contributed by atoms with Crippen LogP contribution in [-0.2, 0) is 11.3 Å². The summed E-state index contributed by atoms with van der Waals surface area (Å²) in [6.45, 7) is 10.6. The molecule has 1 N–H and O–H groups in total. The Morgan fingerprint density at radius 2 is 2.15 bits per heavy atom. The van der Waals surface area contributed by atoms with Gasteiger partial charge < -0.3 is 14.6 Å². The number of unbranched alkanes of at least 4 members (excludes halogenated alkanes) is 2. The first-order valence-electron chi connectivity index (χ1n) is 7.33. The highest BCUT2D eigenvalue weighted by atomic mass is 16.6. The number of amides is 1. The number of aryl methyl sites for hydroxylation is 1. The Morgan fingerprint density at radius 1 is 1.45 bits per heavy atom. The summed E-state index contributed by atoms with van der Waals surface area (Å²) in [4.78, 5) is 15.9. The van der Waals surface area contributed by atoms with Crippen LogP contribution in [0, 0.1) is 0 Å². The van der Waals surface area contributed by atoms with E-state index in [9.17, 15) is 4.79 Å². The Labute approximate surface area is 121 Å². The Balaban J connectivity index is 2.57. The zero-order valence-corrected chi connectivity index (χ0v) is 13.3. The molecule has 20 heavy (non-hydrogen) atoms. The lowest BCUT2D eigenvalue weighted by Gasteiger charge is -2.22. The lowest BCUT2D eigenvalue weighted by molar-refractivity contribution is 0.0506. The highest BCUT2D eigenvalue weighted by Gasteiger charge is 2.19. The molecule has 0 aliphatic rings. The molecule has 0 aliphatic heterocycles. The molecule has 0 saturated carbocycles. The molecule has 0 unspecified atom stereocenters. The van der Waals surface area contributed by atoms with Crippen molar-refractivity contribution in [1.82, 2.24) is 14.9 Å². The molecule has 0 bridgehead atoms. The molecule has 0 fully saturated rings. The Bertz CT molecular complexity index is 421. The monoisotopic (exact) mass is 281 g/mol. The molecule has 5 nitrogen and oxygen atoms in total. The normalized spacial score (nSPS) is 13.1. The van der Waals surface area contributed by atoms with E-state index in [1.54, 1.807) is 6.20 Å². The zero-order chi connectivity index (χ0) is 15.2. The van der Waals surface area contributed by atoms with E-state index in [1.165, 1.54) is 12.8 Å². The van der Waals surface area contributed by atoms with Crippen molar-refractivity contribution in [2.24, 2.45) is 0 Å². The van der Waals surface area contributed by atoms with Gasteiger partial charge in [0.15, 0.2) is 0 Å². The number of carbonyl (C=O) groups excluding carboxylic acids is 1. The van der Waals surface area contributed by atoms with E-state index in [4.69, 9.17) is 4.74 Å². The van der Waals surface area contributed by atoms with Crippen molar-refractivity contribution in [1.29, 1.82) is 0 Å². The van der Waals surface area contributed by atoms with Crippen LogP contribution in [0.4, 0.5) is 4.79 Å². The first-order valence-corrected chi connectivity index (χ1v) is 7.33. The molecule has 1 heterocycles. The quantitative estimate of drug-likeness (QED) is 0.810. The number of nitrogens with zero attached hydrogens (tertiary/aromatic N) is 2. The van der Waals surface area contributed by atoms with Crippen LogP contribution in [0.2, 0.25) is 0 Å². The lowest BCUT2D eigenvalue weighted by Crippen LogP contribution is -2.34. The van der Waals surface area contributed by atoms with Crippen LogP contribution in [0.15, 0.2) is 12.5 Å². The molecule has 1 atom stereocenters. The van der Waals surface area contributed by atoms with Crippen LogP contribution < -0.4 is 5.32 Å². The van der Waals surface area contributed by atoms with Crippen LogP contribution in [0.1, 0.15) is 65.6 Å². The fourth-order valence-electron chi connectivity index (χ4n) is 1.97. The third-order valence-electron chi connectivity index (χ3n) is 2.92. The van der Waals surface area contributed by atoms with Gasteiger partial charge in [-0.05, 0) is 34.1 Å². The molecule has 0 aromatic carbocycles. The van der Waals surface area contributed by atoms with E-state index < -0.39 is 11.7 Å². The number of imidazole rings is 1. The van der Waals surface area contributed by atoms with Crippen molar-refractivity contribution < 1.29 is 9.53 Å². The summed E-state index contributed by atoms with van der Waals surface area (Å²) in [5.74, 6) is 0. The van der Waals surface area contributed by atoms with Crippen LogP contribution in [0.3, 0.4) is 0 Å². The van der Waals surface area contributed by atoms with E-state index >= 15 is 0 Å². The van der Waals surface area contributed by atoms with Gasteiger partial charge >= 0.3 is 6.09 Å². The topological polar surface area (TPSA) is 56.2 Å². The molecule has 0 aliphatic carbocycles. The van der Waals surface area contributed by atoms with E-state index in [0.717, 1.165) is 18.7 Å². The van der Waals surface area contributed by atoms with Crippen molar-refractivity contribution in [2.45, 2.75) is 72.1 Å². The fourth-order valence-corrected chi connectivity index (χ4v) is 1.97. The van der Waals surface area contributed by atoms with Gasteiger partial charge in [0.2, 0.25) is 0 Å². The summed E-state index contributed by atoms with van der Waals surface area (Å²) in [6.07, 6.45) is 6.73. The molecule has 1 aromatic heterocycles. The minimum absolute atomic E-state index is 0.117. The third kappa shape index (κ3) is 5.63. The largest absolute Gasteiger partial charge is 0.444 e. The molecule has 1 rings (SSSR count). The van der Waals surface area contributed by atoms with Crippen LogP contribution >= 0.6 is 0 Å². The average molecular weight is 281 g/mol. The van der Waals surface area contributed by atoms with Crippen LogP contribution in [-0.4, -0.2) is 21.2 Å². The predicted molar refractivity (Wildman–Crippen MR) is 79.5 cm³/mol. The SMILES string of the molecule is CCCCCn1cncc1[C@H](C)NC(=O)OC(C)(C)C. The maximum Gasteiger partial charge on any atom is 0.408 e. The first-order chi connectivity index (χ1) is 9.33. The second kappa shape index (κ2) is 7.31. The second-order valence-electron chi connectivity index (χ2n) is 6.09. The summed E-state index contributed by atoms with van der Waals surface area (Å²) in [6, 6.07) is -0.117. The van der Waals surface area contributed by atoms with Gasteiger partial charge in [-0.2, -0.15) is 0 Å². The van der Waals surface area contributed by atoms with Crippen molar-refractivity contribution >= 4 is 6.09 Å². The van der Waals surface area contributed by atoms with Gasteiger partial charge in [0.05, 0.1) is 24.3 Å². The number of rotatable bonds is 6. The molecular weight excluding hydrogens is 254 g/mol. The maximum absolute atomic E-state index is 11.8. The number of nitrogens with one attached hydrogen (secondary N) is 1. The third-order valence-corrected chi connectivity index (χ3v) is 2.92. The highest BCUT2D eigenvalue weighted by Crippen LogP contribution is 2.14. The number of ether oxygens (including phenoxy) is 1. The molecule has 0 saturated heterocycles. The standard InChI is InChI=1S/C15H27N3O2/c1-6-7-8-9-18-11-16-10-13(18)12(2)17-14(19)20-15(3,4)5/h10-12H,6-9H2,1-5H3,(H,17,19)/t12-/m0/s1. The molecule has 1 amide bonds. The number of carbonyl (C=O) groups is 1. The predicted octanol–water partition coefficient (Wildman–Crippen LogP) is 3.66. The lowest BCUT2D eigenvalue weighted by atomic mass is 10.2. The van der Waals surface area contributed by atoms with Gasteiger partial charge in [-0.1, -0.05) is 19.8 Å². The van der Waals surface area contributed by atoms with E-state index in [2.05, 4.69) is 21.8 Å². The second-order valence-corrected chi connectivity index (χ2v) is 6.09. The van der Waals surface area contributed by atoms with Crippen molar-refractivity contribution in [3.63, 3.8) is 0 Å². The Morgan fingerprint density at radius 3 is 2.75 bits per heavy atom. The van der Waals surface area contributed by atoms with E-state index in [0.29, 0.717) is 0 Å². The van der Waals surface area contributed by atoms with Gasteiger partial charge in [0, 0.05) is 6.54 Å². The van der Waals surface area contributed by atoms with Gasteiger partial charge in [0.1, 0.15) is 5.60 Å². The molecule has 0 radical (unpaired) electrons. The minimum Gasteiger partial charge on any atom is -0.444 e. The Kier molecular flexibility index (Phi) is 6.05. The van der Waals surface area contributed by atoms with Crippen LogP contribution in [0.5, 0.6) is 0 Å². The van der Waals surface area contributed by atoms with E-state index in [1.807, 2.05) is 34.0 Å². The highest BCUT2D eigenvalue weighted by molar-refractivity contribution is 5.68. The average Bonchev–Trinajstić information content (AvgIpc) is 2.75. The van der Waals surface area contributed by atoms with E-state index in [-0.39, 0.29) is 6.04 Å². The van der Waals surface area contributed by atoms with Crippen LogP contribution in [0.25, 0.3) is 0 Å². The van der Waals surface area contributed by atoms with Crippen molar-refractivity contribution in [3.8, 4) is 0 Å². The fraction of sp³-hybridized carbons (Fsp3) is 0.733. The first kappa shape index (κ1) is 16.5. The summed E-state index contributed by atoms with van der Waals surface area (Å²) in [7, 11) is 0. The minimum atomic E-state index is -0.481. The summed E-state index contributed by atoms with van der Waals surface area (Å²) < 4.78 is 7.36. The molecule has 1 aromatic rings. The maximum atomic E-state index is 11.8. The summed E-state index contributed by atoms with van der Waals surface area (Å²) in [5, 5.41) is 2.85.